The third-order valence-corrected chi connectivity index (χ3v) is 3.95. The summed E-state index contributed by atoms with van der Waals surface area (Å²) in [6.07, 6.45) is 0.190. The molecule has 0 radical (unpaired) electrons. The lowest BCUT2D eigenvalue weighted by Gasteiger charge is -2.37. The normalized spacial score (nSPS) is 21.2. The second kappa shape index (κ2) is 8.37. The van der Waals surface area contributed by atoms with E-state index in [1.165, 1.54) is 5.56 Å². The van der Waals surface area contributed by atoms with E-state index < -0.39 is 0 Å². The fourth-order valence-electron chi connectivity index (χ4n) is 2.87. The molecule has 1 aliphatic heterocycles. The Hall–Kier alpha value is -1.10. The van der Waals surface area contributed by atoms with Gasteiger partial charge in [0.25, 0.3) is 0 Å². The summed E-state index contributed by atoms with van der Waals surface area (Å²) in [6.45, 7) is 11.9. The van der Waals surface area contributed by atoms with Gasteiger partial charge in [0.1, 0.15) is 5.75 Å². The highest BCUT2D eigenvalue weighted by molar-refractivity contribution is 5.31. The van der Waals surface area contributed by atoms with E-state index in [1.54, 1.807) is 0 Å². The van der Waals surface area contributed by atoms with Crippen LogP contribution in [0, 0.1) is 0 Å². The number of likely N-dealkylation sites (N-methyl/N-ethyl adjacent to an activating group) is 2. The molecule has 0 aromatic heterocycles. The van der Waals surface area contributed by atoms with Crippen LogP contribution in [0.2, 0.25) is 0 Å². The molecule has 0 aliphatic carbocycles. The van der Waals surface area contributed by atoms with E-state index >= 15 is 0 Å². The van der Waals surface area contributed by atoms with E-state index in [4.69, 9.17) is 9.47 Å². The van der Waals surface area contributed by atoms with Gasteiger partial charge in [-0.25, -0.2) is 0 Å². The number of rotatable bonds is 7. The van der Waals surface area contributed by atoms with Crippen LogP contribution in [0.25, 0.3) is 0 Å². The van der Waals surface area contributed by atoms with Crippen molar-refractivity contribution in [2.24, 2.45) is 0 Å². The zero-order valence-corrected chi connectivity index (χ0v) is 13.5. The molecule has 0 amide bonds. The molecule has 0 bridgehead atoms. The smallest absolute Gasteiger partial charge is 0.119 e. The van der Waals surface area contributed by atoms with Crippen molar-refractivity contribution in [1.29, 1.82) is 0 Å². The molecular formula is C17H28N2O2. The van der Waals surface area contributed by atoms with Crippen LogP contribution in [0.1, 0.15) is 32.4 Å². The van der Waals surface area contributed by atoms with E-state index in [-0.39, 0.29) is 12.1 Å². The first kappa shape index (κ1) is 16.3. The quantitative estimate of drug-likeness (QED) is 0.837. The molecule has 4 heteroatoms. The molecule has 1 saturated heterocycles. The number of benzene rings is 1. The van der Waals surface area contributed by atoms with Gasteiger partial charge in [-0.05, 0) is 37.7 Å². The van der Waals surface area contributed by atoms with Crippen molar-refractivity contribution < 1.29 is 9.47 Å². The summed E-state index contributed by atoms with van der Waals surface area (Å²) in [5.74, 6) is 0.932. The van der Waals surface area contributed by atoms with E-state index in [9.17, 15) is 0 Å². The highest BCUT2D eigenvalue weighted by Gasteiger charge is 2.28. The van der Waals surface area contributed by atoms with Gasteiger partial charge in [0.05, 0.1) is 25.4 Å². The van der Waals surface area contributed by atoms with Crippen LogP contribution in [-0.4, -0.2) is 50.4 Å². The first-order valence-electron chi connectivity index (χ1n) is 8.08. The average molecular weight is 292 g/mol. The van der Waals surface area contributed by atoms with Crippen LogP contribution in [0.4, 0.5) is 0 Å². The average Bonchev–Trinajstić information content (AvgIpc) is 2.53. The van der Waals surface area contributed by atoms with Crippen molar-refractivity contribution in [2.45, 2.75) is 32.9 Å². The number of hydrogen-bond acceptors (Lipinski definition) is 4. The largest absolute Gasteiger partial charge is 0.494 e. The van der Waals surface area contributed by atoms with Gasteiger partial charge < -0.3 is 14.8 Å². The lowest BCUT2D eigenvalue weighted by molar-refractivity contribution is -0.0453. The fourth-order valence-corrected chi connectivity index (χ4v) is 2.87. The predicted molar refractivity (Wildman–Crippen MR) is 85.9 cm³/mol. The second-order valence-corrected chi connectivity index (χ2v) is 5.34. The molecule has 1 aliphatic rings. The number of morpholine rings is 1. The topological polar surface area (TPSA) is 33.7 Å². The number of nitrogens with zero attached hydrogens (tertiary/aromatic N) is 1. The van der Waals surface area contributed by atoms with Gasteiger partial charge in [-0.3, -0.25) is 4.90 Å². The molecule has 0 spiro atoms. The Bertz CT molecular complexity index is 425. The van der Waals surface area contributed by atoms with Gasteiger partial charge in [0, 0.05) is 13.1 Å². The van der Waals surface area contributed by atoms with Crippen LogP contribution in [0.5, 0.6) is 5.75 Å². The Balaban J connectivity index is 2.15. The third kappa shape index (κ3) is 4.43. The Labute approximate surface area is 128 Å². The Morgan fingerprint density at radius 1 is 1.38 bits per heavy atom. The van der Waals surface area contributed by atoms with Gasteiger partial charge in [0.2, 0.25) is 0 Å². The second-order valence-electron chi connectivity index (χ2n) is 5.34. The molecule has 118 valence electrons. The van der Waals surface area contributed by atoms with E-state index in [2.05, 4.69) is 42.3 Å². The van der Waals surface area contributed by atoms with Crippen LogP contribution in [0.3, 0.4) is 0 Å². The van der Waals surface area contributed by atoms with Crippen LogP contribution in [0.15, 0.2) is 24.3 Å². The van der Waals surface area contributed by atoms with Crippen molar-refractivity contribution in [3.63, 3.8) is 0 Å². The lowest BCUT2D eigenvalue weighted by Crippen LogP contribution is -2.48. The molecule has 1 fully saturated rings. The van der Waals surface area contributed by atoms with E-state index in [0.717, 1.165) is 38.5 Å². The van der Waals surface area contributed by atoms with Crippen LogP contribution in [-0.2, 0) is 4.74 Å². The summed E-state index contributed by atoms with van der Waals surface area (Å²) in [4.78, 5) is 2.45. The van der Waals surface area contributed by atoms with Gasteiger partial charge in [-0.15, -0.1) is 0 Å². The van der Waals surface area contributed by atoms with E-state index in [0.29, 0.717) is 6.61 Å². The SMILES string of the molecule is CCNC(c1cccc(OCC)c1)C1CN(CC)CCO1. The van der Waals surface area contributed by atoms with Crippen molar-refractivity contribution >= 4 is 0 Å². The minimum absolute atomic E-state index is 0.190. The summed E-state index contributed by atoms with van der Waals surface area (Å²) in [6, 6.07) is 8.57. The summed E-state index contributed by atoms with van der Waals surface area (Å²) >= 11 is 0. The minimum atomic E-state index is 0.190. The summed E-state index contributed by atoms with van der Waals surface area (Å²) in [5.41, 5.74) is 1.24. The molecule has 1 aromatic rings. The molecular weight excluding hydrogens is 264 g/mol. The summed E-state index contributed by atoms with van der Waals surface area (Å²) in [7, 11) is 0. The molecule has 0 saturated carbocycles. The zero-order valence-electron chi connectivity index (χ0n) is 13.5. The van der Waals surface area contributed by atoms with Crippen molar-refractivity contribution in [3.8, 4) is 5.75 Å². The summed E-state index contributed by atoms with van der Waals surface area (Å²) < 4.78 is 11.7. The van der Waals surface area contributed by atoms with E-state index in [1.807, 2.05) is 13.0 Å². The molecule has 1 N–H and O–H groups in total. The maximum atomic E-state index is 6.03. The maximum absolute atomic E-state index is 6.03. The number of ether oxygens (including phenoxy) is 2. The van der Waals surface area contributed by atoms with Gasteiger partial charge in [-0.2, -0.15) is 0 Å². The third-order valence-electron chi connectivity index (χ3n) is 3.95. The van der Waals surface area contributed by atoms with Crippen molar-refractivity contribution in [3.05, 3.63) is 29.8 Å². The van der Waals surface area contributed by atoms with Crippen LogP contribution >= 0.6 is 0 Å². The first-order chi connectivity index (χ1) is 10.3. The highest BCUT2D eigenvalue weighted by atomic mass is 16.5. The molecule has 21 heavy (non-hydrogen) atoms. The highest BCUT2D eigenvalue weighted by Crippen LogP contribution is 2.25. The minimum Gasteiger partial charge on any atom is -0.494 e. The van der Waals surface area contributed by atoms with Crippen LogP contribution < -0.4 is 10.1 Å². The molecule has 4 nitrogen and oxygen atoms in total. The standard InChI is InChI=1S/C17H28N2O2/c1-4-18-17(16-13-19(5-2)10-11-21-16)14-8-7-9-15(12-14)20-6-3/h7-9,12,16-18H,4-6,10-11,13H2,1-3H3. The number of nitrogens with one attached hydrogen (secondary N) is 1. The van der Waals surface area contributed by atoms with Gasteiger partial charge in [-0.1, -0.05) is 26.0 Å². The Morgan fingerprint density at radius 3 is 2.95 bits per heavy atom. The molecule has 2 unspecified atom stereocenters. The lowest BCUT2D eigenvalue weighted by atomic mass is 9.99. The zero-order chi connectivity index (χ0) is 15.1. The Morgan fingerprint density at radius 2 is 2.24 bits per heavy atom. The van der Waals surface area contributed by atoms with Gasteiger partial charge in [0.15, 0.2) is 0 Å². The predicted octanol–water partition coefficient (Wildman–Crippen LogP) is 2.46. The maximum Gasteiger partial charge on any atom is 0.119 e. The van der Waals surface area contributed by atoms with Crippen molar-refractivity contribution in [1.82, 2.24) is 10.2 Å². The van der Waals surface area contributed by atoms with Gasteiger partial charge >= 0.3 is 0 Å². The molecule has 1 aromatic carbocycles. The van der Waals surface area contributed by atoms with Crippen molar-refractivity contribution in [2.75, 3.05) is 39.4 Å². The fraction of sp³-hybridized carbons (Fsp3) is 0.647. The molecule has 2 atom stereocenters. The number of hydrogen-bond donors (Lipinski definition) is 1. The summed E-state index contributed by atoms with van der Waals surface area (Å²) in [5, 5.41) is 3.58. The molecule has 2 rings (SSSR count). The Kier molecular flexibility index (Phi) is 6.49. The first-order valence-corrected chi connectivity index (χ1v) is 8.08. The monoisotopic (exact) mass is 292 g/mol. The molecule has 1 heterocycles.